The largest absolute Gasteiger partial charge is 0.308 e. The molecule has 17 heavy (non-hydrogen) atoms. The minimum atomic E-state index is -0.229. The molecule has 0 aliphatic rings. The molecule has 0 amide bonds. The summed E-state index contributed by atoms with van der Waals surface area (Å²) in [6.45, 7) is 1.44. The molecule has 5 heteroatoms. The standard InChI is InChI=1S/C12H13BrFN3/c1-17-8-9(6-16-17)5-15-7-10-2-3-11(14)4-12(10)13/h2-4,6,8,15H,5,7H2,1H3. The van der Waals surface area contributed by atoms with Crippen LogP contribution in [0.5, 0.6) is 0 Å². The highest BCUT2D eigenvalue weighted by atomic mass is 79.9. The van der Waals surface area contributed by atoms with Crippen molar-refractivity contribution in [3.05, 3.63) is 52.0 Å². The van der Waals surface area contributed by atoms with Crippen LogP contribution in [0.15, 0.2) is 35.1 Å². The smallest absolute Gasteiger partial charge is 0.124 e. The highest BCUT2D eigenvalue weighted by molar-refractivity contribution is 9.10. The van der Waals surface area contributed by atoms with Crippen LogP contribution in [0.3, 0.4) is 0 Å². The summed E-state index contributed by atoms with van der Waals surface area (Å²) < 4.78 is 15.4. The van der Waals surface area contributed by atoms with Crippen LogP contribution in [0.25, 0.3) is 0 Å². The number of aryl methyl sites for hydroxylation is 1. The lowest BCUT2D eigenvalue weighted by molar-refractivity contribution is 0.623. The number of hydrogen-bond acceptors (Lipinski definition) is 2. The SMILES string of the molecule is Cn1cc(CNCc2ccc(F)cc2Br)cn1. The third kappa shape index (κ3) is 3.38. The van der Waals surface area contributed by atoms with Crippen LogP contribution in [-0.2, 0) is 20.1 Å². The molecule has 0 aliphatic heterocycles. The predicted octanol–water partition coefficient (Wildman–Crippen LogP) is 2.61. The third-order valence-corrected chi connectivity index (χ3v) is 3.16. The number of nitrogens with zero attached hydrogens (tertiary/aromatic N) is 2. The van der Waals surface area contributed by atoms with Gasteiger partial charge in [-0.2, -0.15) is 5.10 Å². The second-order valence-electron chi connectivity index (χ2n) is 3.86. The van der Waals surface area contributed by atoms with Crippen molar-refractivity contribution in [3.63, 3.8) is 0 Å². The van der Waals surface area contributed by atoms with E-state index in [2.05, 4.69) is 26.3 Å². The Morgan fingerprint density at radius 3 is 2.88 bits per heavy atom. The molecule has 2 rings (SSSR count). The van der Waals surface area contributed by atoms with Crippen LogP contribution in [0, 0.1) is 5.82 Å². The maximum Gasteiger partial charge on any atom is 0.124 e. The van der Waals surface area contributed by atoms with Crippen molar-refractivity contribution in [2.45, 2.75) is 13.1 Å². The monoisotopic (exact) mass is 297 g/mol. The first-order chi connectivity index (χ1) is 8.15. The summed E-state index contributed by atoms with van der Waals surface area (Å²) in [5, 5.41) is 7.38. The van der Waals surface area contributed by atoms with Crippen LogP contribution < -0.4 is 5.32 Å². The van der Waals surface area contributed by atoms with Gasteiger partial charge in [0, 0.05) is 36.4 Å². The molecule has 0 saturated heterocycles. The minimum absolute atomic E-state index is 0.229. The van der Waals surface area contributed by atoms with Crippen LogP contribution >= 0.6 is 15.9 Å². The van der Waals surface area contributed by atoms with E-state index >= 15 is 0 Å². The molecule has 1 aromatic heterocycles. The summed E-state index contributed by atoms with van der Waals surface area (Å²) in [6, 6.07) is 4.71. The Labute approximate surface area is 108 Å². The highest BCUT2D eigenvalue weighted by Crippen LogP contribution is 2.17. The molecule has 0 unspecified atom stereocenters. The van der Waals surface area contributed by atoms with Gasteiger partial charge in [0.25, 0.3) is 0 Å². The predicted molar refractivity (Wildman–Crippen MR) is 67.9 cm³/mol. The molecule has 1 N–H and O–H groups in total. The first kappa shape index (κ1) is 12.3. The fourth-order valence-electron chi connectivity index (χ4n) is 1.57. The lowest BCUT2D eigenvalue weighted by atomic mass is 10.2. The van der Waals surface area contributed by atoms with Gasteiger partial charge in [-0.15, -0.1) is 0 Å². The maximum absolute atomic E-state index is 12.9. The molecule has 0 bridgehead atoms. The fraction of sp³-hybridized carbons (Fsp3) is 0.250. The molecular weight excluding hydrogens is 285 g/mol. The van der Waals surface area contributed by atoms with E-state index in [9.17, 15) is 4.39 Å². The molecule has 1 aromatic carbocycles. The quantitative estimate of drug-likeness (QED) is 0.940. The van der Waals surface area contributed by atoms with Crippen molar-refractivity contribution in [2.75, 3.05) is 0 Å². The van der Waals surface area contributed by atoms with Gasteiger partial charge >= 0.3 is 0 Å². The van der Waals surface area contributed by atoms with Gasteiger partial charge in [0.15, 0.2) is 0 Å². The van der Waals surface area contributed by atoms with Crippen molar-refractivity contribution in [1.29, 1.82) is 0 Å². The highest BCUT2D eigenvalue weighted by Gasteiger charge is 2.01. The topological polar surface area (TPSA) is 29.9 Å². The van der Waals surface area contributed by atoms with Gasteiger partial charge in [-0.1, -0.05) is 22.0 Å². The van der Waals surface area contributed by atoms with Crippen LogP contribution in [0.2, 0.25) is 0 Å². The zero-order valence-electron chi connectivity index (χ0n) is 9.45. The molecule has 90 valence electrons. The van der Waals surface area contributed by atoms with Gasteiger partial charge in [-0.05, 0) is 17.7 Å². The molecule has 0 fully saturated rings. The van der Waals surface area contributed by atoms with Crippen molar-refractivity contribution < 1.29 is 4.39 Å². The lowest BCUT2D eigenvalue weighted by Gasteiger charge is -2.05. The van der Waals surface area contributed by atoms with E-state index in [4.69, 9.17) is 0 Å². The zero-order chi connectivity index (χ0) is 12.3. The minimum Gasteiger partial charge on any atom is -0.308 e. The summed E-state index contributed by atoms with van der Waals surface area (Å²) in [7, 11) is 1.89. The summed E-state index contributed by atoms with van der Waals surface area (Å²) in [5.41, 5.74) is 2.17. The number of aromatic nitrogens is 2. The van der Waals surface area contributed by atoms with E-state index < -0.39 is 0 Å². The summed E-state index contributed by atoms with van der Waals surface area (Å²) >= 11 is 3.34. The van der Waals surface area contributed by atoms with Gasteiger partial charge < -0.3 is 5.32 Å². The number of nitrogens with one attached hydrogen (secondary N) is 1. The number of hydrogen-bond donors (Lipinski definition) is 1. The fourth-order valence-corrected chi connectivity index (χ4v) is 2.06. The Morgan fingerprint density at radius 1 is 1.41 bits per heavy atom. The Balaban J connectivity index is 1.90. The second-order valence-corrected chi connectivity index (χ2v) is 4.72. The van der Waals surface area contributed by atoms with Crippen molar-refractivity contribution >= 4 is 15.9 Å². The van der Waals surface area contributed by atoms with Gasteiger partial charge in [-0.25, -0.2) is 4.39 Å². The van der Waals surface area contributed by atoms with Crippen LogP contribution in [0.4, 0.5) is 4.39 Å². The Kier molecular flexibility index (Phi) is 3.91. The number of rotatable bonds is 4. The van der Waals surface area contributed by atoms with E-state index in [1.807, 2.05) is 19.4 Å². The van der Waals surface area contributed by atoms with E-state index in [1.54, 1.807) is 10.7 Å². The molecule has 0 saturated carbocycles. The molecule has 2 aromatic rings. The summed E-state index contributed by atoms with van der Waals surface area (Å²) in [4.78, 5) is 0. The molecule has 0 radical (unpaired) electrons. The average molecular weight is 298 g/mol. The maximum atomic E-state index is 12.9. The zero-order valence-corrected chi connectivity index (χ0v) is 11.0. The van der Waals surface area contributed by atoms with Crippen molar-refractivity contribution in [1.82, 2.24) is 15.1 Å². The molecule has 0 aliphatic carbocycles. The summed E-state index contributed by atoms with van der Waals surface area (Å²) in [5.74, 6) is -0.229. The first-order valence-electron chi connectivity index (χ1n) is 5.27. The Hall–Kier alpha value is -1.20. The lowest BCUT2D eigenvalue weighted by Crippen LogP contribution is -2.12. The Bertz CT molecular complexity index is 510. The third-order valence-electron chi connectivity index (χ3n) is 2.42. The Morgan fingerprint density at radius 2 is 2.24 bits per heavy atom. The normalized spacial score (nSPS) is 10.8. The van der Waals surface area contributed by atoms with E-state index in [1.165, 1.54) is 12.1 Å². The van der Waals surface area contributed by atoms with E-state index in [-0.39, 0.29) is 5.82 Å². The van der Waals surface area contributed by atoms with Gasteiger partial charge in [0.2, 0.25) is 0 Å². The van der Waals surface area contributed by atoms with Crippen LogP contribution in [-0.4, -0.2) is 9.78 Å². The van der Waals surface area contributed by atoms with Gasteiger partial charge in [0.05, 0.1) is 6.20 Å². The molecule has 3 nitrogen and oxygen atoms in total. The first-order valence-corrected chi connectivity index (χ1v) is 6.06. The van der Waals surface area contributed by atoms with Gasteiger partial charge in [-0.3, -0.25) is 4.68 Å². The van der Waals surface area contributed by atoms with E-state index in [0.717, 1.165) is 22.1 Å². The molecule has 1 heterocycles. The van der Waals surface area contributed by atoms with Crippen molar-refractivity contribution in [2.24, 2.45) is 7.05 Å². The van der Waals surface area contributed by atoms with E-state index in [0.29, 0.717) is 6.54 Å². The average Bonchev–Trinajstić information content (AvgIpc) is 2.68. The number of halogens is 2. The molecule has 0 spiro atoms. The van der Waals surface area contributed by atoms with Crippen LogP contribution in [0.1, 0.15) is 11.1 Å². The number of benzene rings is 1. The van der Waals surface area contributed by atoms with Crippen molar-refractivity contribution in [3.8, 4) is 0 Å². The van der Waals surface area contributed by atoms with Gasteiger partial charge in [0.1, 0.15) is 5.82 Å². The second kappa shape index (κ2) is 5.42. The molecule has 0 atom stereocenters. The summed E-state index contributed by atoms with van der Waals surface area (Å²) in [6.07, 6.45) is 3.79. The molecular formula is C12H13BrFN3.